The molecule has 0 N–H and O–H groups in total. The Morgan fingerprint density at radius 2 is 1.77 bits per heavy atom. The molecule has 0 saturated carbocycles. The van der Waals surface area contributed by atoms with Gasteiger partial charge in [-0.1, -0.05) is 18.2 Å². The van der Waals surface area contributed by atoms with Crippen molar-refractivity contribution in [1.82, 2.24) is 0 Å². The van der Waals surface area contributed by atoms with Gasteiger partial charge in [0, 0.05) is 11.1 Å². The zero-order valence-electron chi connectivity index (χ0n) is 7.20. The van der Waals surface area contributed by atoms with Gasteiger partial charge in [-0.25, -0.2) is 0 Å². The van der Waals surface area contributed by atoms with Crippen LogP contribution in [0.3, 0.4) is 0 Å². The molecule has 0 radical (unpaired) electrons. The third-order valence-electron chi connectivity index (χ3n) is 1.68. The summed E-state index contributed by atoms with van der Waals surface area (Å²) < 4.78 is 0. The first kappa shape index (κ1) is 9.21. The molecule has 2 nitrogen and oxygen atoms in total. The van der Waals surface area contributed by atoms with E-state index >= 15 is 0 Å². The van der Waals surface area contributed by atoms with E-state index < -0.39 is 5.78 Å². The van der Waals surface area contributed by atoms with E-state index in [-0.39, 0.29) is 5.78 Å². The number of carbonyl (C=O) groups is 2. The first-order valence-corrected chi connectivity index (χ1v) is 3.77. The van der Waals surface area contributed by atoms with Gasteiger partial charge in [0.25, 0.3) is 0 Å². The van der Waals surface area contributed by atoms with Crippen LogP contribution in [-0.4, -0.2) is 11.6 Å². The number of carbonyl (C=O) groups excluding carboxylic acids is 2. The Kier molecular flexibility index (Phi) is 2.61. The van der Waals surface area contributed by atoms with E-state index in [1.807, 2.05) is 5.92 Å². The van der Waals surface area contributed by atoms with E-state index in [1.165, 1.54) is 6.92 Å². The first-order chi connectivity index (χ1) is 6.16. The summed E-state index contributed by atoms with van der Waals surface area (Å²) in [6, 6.07) is 6.52. The highest BCUT2D eigenvalue weighted by atomic mass is 16.1. The second-order valence-corrected chi connectivity index (χ2v) is 2.58. The van der Waals surface area contributed by atoms with Crippen molar-refractivity contribution in [1.29, 1.82) is 0 Å². The Morgan fingerprint density at radius 3 is 2.23 bits per heavy atom. The lowest BCUT2D eigenvalue weighted by atomic mass is 10.0. The van der Waals surface area contributed by atoms with Crippen molar-refractivity contribution in [2.24, 2.45) is 0 Å². The van der Waals surface area contributed by atoms with Crippen molar-refractivity contribution in [3.8, 4) is 12.3 Å². The molecule has 0 aromatic heterocycles. The molecule has 0 saturated heterocycles. The van der Waals surface area contributed by atoms with Crippen LogP contribution < -0.4 is 0 Å². The molecule has 1 aromatic carbocycles. The van der Waals surface area contributed by atoms with Gasteiger partial charge in [0.1, 0.15) is 0 Å². The van der Waals surface area contributed by atoms with Gasteiger partial charge in [0.2, 0.25) is 5.78 Å². The van der Waals surface area contributed by atoms with Gasteiger partial charge >= 0.3 is 0 Å². The second-order valence-electron chi connectivity index (χ2n) is 2.58. The molecule has 0 amide bonds. The van der Waals surface area contributed by atoms with Crippen LogP contribution in [0.2, 0.25) is 0 Å². The Balaban J connectivity index is 3.29. The normalized spacial score (nSPS) is 8.92. The standard InChI is InChI=1S/C11H8O2/c1-3-11(13)10-7-5-4-6-9(10)8(2)12/h1,4-7H,2H3. The minimum atomic E-state index is -0.453. The van der Waals surface area contributed by atoms with Crippen molar-refractivity contribution in [3.63, 3.8) is 0 Å². The number of hydrogen-bond acceptors (Lipinski definition) is 2. The predicted octanol–water partition coefficient (Wildman–Crippen LogP) is 1.71. The van der Waals surface area contributed by atoms with Crippen molar-refractivity contribution in [2.45, 2.75) is 6.92 Å². The van der Waals surface area contributed by atoms with E-state index in [4.69, 9.17) is 6.42 Å². The van der Waals surface area contributed by atoms with Crippen molar-refractivity contribution in [3.05, 3.63) is 35.4 Å². The maximum Gasteiger partial charge on any atom is 0.236 e. The quantitative estimate of drug-likeness (QED) is 0.386. The number of benzene rings is 1. The molecule has 0 spiro atoms. The fourth-order valence-corrected chi connectivity index (χ4v) is 1.07. The van der Waals surface area contributed by atoms with Crippen LogP contribution in [0.5, 0.6) is 0 Å². The molecule has 1 rings (SSSR count). The summed E-state index contributed by atoms with van der Waals surface area (Å²) in [6.07, 6.45) is 4.96. The summed E-state index contributed by atoms with van der Waals surface area (Å²) in [7, 11) is 0. The molecular formula is C11H8O2. The van der Waals surface area contributed by atoms with Gasteiger partial charge in [-0.05, 0) is 18.9 Å². The van der Waals surface area contributed by atoms with Crippen LogP contribution >= 0.6 is 0 Å². The summed E-state index contributed by atoms with van der Waals surface area (Å²) in [4.78, 5) is 22.2. The highest BCUT2D eigenvalue weighted by Gasteiger charge is 2.10. The number of hydrogen-bond donors (Lipinski definition) is 0. The van der Waals surface area contributed by atoms with Crippen LogP contribution in [-0.2, 0) is 0 Å². The smallest absolute Gasteiger partial charge is 0.236 e. The number of terminal acetylenes is 1. The molecule has 0 unspecified atom stereocenters. The monoisotopic (exact) mass is 172 g/mol. The minimum absolute atomic E-state index is 0.154. The fourth-order valence-electron chi connectivity index (χ4n) is 1.07. The van der Waals surface area contributed by atoms with Gasteiger partial charge in [-0.15, -0.1) is 6.42 Å². The zero-order chi connectivity index (χ0) is 9.84. The molecule has 0 bridgehead atoms. The lowest BCUT2D eigenvalue weighted by molar-refractivity contribution is 0.0995. The number of rotatable bonds is 2. The average Bonchev–Trinajstić information content (AvgIpc) is 2.16. The number of ketones is 2. The van der Waals surface area contributed by atoms with E-state index in [2.05, 4.69) is 0 Å². The van der Waals surface area contributed by atoms with Crippen molar-refractivity contribution in [2.75, 3.05) is 0 Å². The Labute approximate surface area is 76.6 Å². The molecule has 0 aliphatic rings. The molecule has 13 heavy (non-hydrogen) atoms. The van der Waals surface area contributed by atoms with Crippen LogP contribution in [0.15, 0.2) is 24.3 Å². The van der Waals surface area contributed by atoms with Gasteiger partial charge in [0.05, 0.1) is 0 Å². The molecule has 0 heterocycles. The van der Waals surface area contributed by atoms with E-state index in [1.54, 1.807) is 24.3 Å². The predicted molar refractivity (Wildman–Crippen MR) is 49.6 cm³/mol. The molecule has 64 valence electrons. The van der Waals surface area contributed by atoms with Gasteiger partial charge in [-0.3, -0.25) is 9.59 Å². The van der Waals surface area contributed by atoms with Gasteiger partial charge in [0.15, 0.2) is 5.78 Å². The Bertz CT molecular complexity index is 397. The van der Waals surface area contributed by atoms with Gasteiger partial charge < -0.3 is 0 Å². The lowest BCUT2D eigenvalue weighted by Gasteiger charge is -2.00. The Hall–Kier alpha value is -1.88. The van der Waals surface area contributed by atoms with Crippen LogP contribution in [0.1, 0.15) is 27.6 Å². The molecular weight excluding hydrogens is 164 g/mol. The minimum Gasteiger partial charge on any atom is -0.294 e. The largest absolute Gasteiger partial charge is 0.294 e. The SMILES string of the molecule is C#CC(=O)c1ccccc1C(C)=O. The second kappa shape index (κ2) is 3.68. The molecule has 1 aromatic rings. The van der Waals surface area contributed by atoms with Crippen LogP contribution in [0, 0.1) is 12.3 Å². The third kappa shape index (κ3) is 1.83. The highest BCUT2D eigenvalue weighted by molar-refractivity contribution is 6.15. The molecule has 0 aliphatic heterocycles. The van der Waals surface area contributed by atoms with E-state index in [9.17, 15) is 9.59 Å². The Morgan fingerprint density at radius 1 is 1.23 bits per heavy atom. The zero-order valence-corrected chi connectivity index (χ0v) is 7.20. The third-order valence-corrected chi connectivity index (χ3v) is 1.68. The molecule has 2 heteroatoms. The van der Waals surface area contributed by atoms with Crippen molar-refractivity contribution >= 4 is 11.6 Å². The summed E-state index contributed by atoms with van der Waals surface area (Å²) in [6.45, 7) is 1.41. The summed E-state index contributed by atoms with van der Waals surface area (Å²) >= 11 is 0. The molecule has 0 aliphatic carbocycles. The lowest BCUT2D eigenvalue weighted by Crippen LogP contribution is -2.04. The van der Waals surface area contributed by atoms with Crippen LogP contribution in [0.25, 0.3) is 0 Å². The maximum atomic E-state index is 11.2. The average molecular weight is 172 g/mol. The van der Waals surface area contributed by atoms with Gasteiger partial charge in [-0.2, -0.15) is 0 Å². The highest BCUT2D eigenvalue weighted by Crippen LogP contribution is 2.09. The molecule has 0 fully saturated rings. The molecule has 0 atom stereocenters. The fraction of sp³-hybridized carbons (Fsp3) is 0.0909. The topological polar surface area (TPSA) is 34.1 Å². The van der Waals surface area contributed by atoms with E-state index in [0.29, 0.717) is 11.1 Å². The first-order valence-electron chi connectivity index (χ1n) is 3.77. The maximum absolute atomic E-state index is 11.2. The van der Waals surface area contributed by atoms with E-state index in [0.717, 1.165) is 0 Å². The summed E-state index contributed by atoms with van der Waals surface area (Å²) in [5, 5.41) is 0. The van der Waals surface area contributed by atoms with Crippen LogP contribution in [0.4, 0.5) is 0 Å². The van der Waals surface area contributed by atoms with Crippen molar-refractivity contribution < 1.29 is 9.59 Å². The summed E-state index contributed by atoms with van der Waals surface area (Å²) in [5.41, 5.74) is 0.683. The summed E-state index contributed by atoms with van der Waals surface area (Å²) in [5.74, 6) is 1.38. The number of Topliss-reactive ketones (excluding diaryl/α,β-unsaturated/α-hetero) is 2.